The SMILES string of the molecule is C=C1C(=O)C2=C[C@H]1CCC(=O)[C@@]1(C)CC[C@H](OC(C)=O)C(C)(C)[C@H]1C[C@@H]2O. The average Bonchev–Trinajstić information content (AvgIpc) is 2.86. The number of carbonyl (C=O) groups is 3. The number of hydrogen-bond acceptors (Lipinski definition) is 5. The molecule has 5 heteroatoms. The molecule has 1 fully saturated rings. The van der Waals surface area contributed by atoms with E-state index in [1.165, 1.54) is 6.92 Å². The maximum atomic E-state index is 13.3. The second kappa shape index (κ2) is 6.69. The molecule has 0 heterocycles. The van der Waals surface area contributed by atoms with Crippen LogP contribution < -0.4 is 0 Å². The average molecular weight is 374 g/mol. The lowest BCUT2D eigenvalue weighted by molar-refractivity contribution is -0.173. The lowest BCUT2D eigenvalue weighted by atomic mass is 9.52. The summed E-state index contributed by atoms with van der Waals surface area (Å²) in [5, 5.41) is 10.9. The monoisotopic (exact) mass is 374 g/mol. The molecule has 0 aliphatic heterocycles. The Hall–Kier alpha value is -1.75. The van der Waals surface area contributed by atoms with Gasteiger partial charge in [0.2, 0.25) is 0 Å². The molecule has 0 radical (unpaired) electrons. The van der Waals surface area contributed by atoms with E-state index in [0.717, 1.165) is 0 Å². The standard InChI is InChI=1S/C22H30O5/c1-12-14-6-7-18(25)22(5)9-8-19(27-13(2)23)21(3,4)17(22)11-16(24)15(10-14)20(12)26/h10,14,16-17,19,24H,1,6-9,11H2,2-5H3/t14-,16+,17-,19+,22+/m1/s1. The Bertz CT molecular complexity index is 731. The van der Waals surface area contributed by atoms with Crippen LogP contribution in [-0.4, -0.2) is 34.9 Å². The van der Waals surface area contributed by atoms with Crippen LogP contribution in [0.3, 0.4) is 0 Å². The Morgan fingerprint density at radius 1 is 1.26 bits per heavy atom. The van der Waals surface area contributed by atoms with Gasteiger partial charge in [-0.1, -0.05) is 33.4 Å². The number of rotatable bonds is 1. The molecule has 27 heavy (non-hydrogen) atoms. The number of esters is 1. The molecule has 148 valence electrons. The van der Waals surface area contributed by atoms with Gasteiger partial charge in [-0.3, -0.25) is 14.4 Å². The third-order valence-corrected chi connectivity index (χ3v) is 7.25. The highest BCUT2D eigenvalue weighted by Gasteiger charge is 2.56. The molecular weight excluding hydrogens is 344 g/mol. The molecule has 3 aliphatic rings. The maximum absolute atomic E-state index is 13.3. The number of ketones is 2. The zero-order chi connectivity index (χ0) is 20.1. The summed E-state index contributed by atoms with van der Waals surface area (Å²) in [5.74, 6) is -0.718. The summed E-state index contributed by atoms with van der Waals surface area (Å²) in [7, 11) is 0. The van der Waals surface area contributed by atoms with Gasteiger partial charge >= 0.3 is 5.97 Å². The molecule has 0 aromatic carbocycles. The Labute approximate surface area is 160 Å². The zero-order valence-electron chi connectivity index (χ0n) is 16.7. The quantitative estimate of drug-likeness (QED) is 0.563. The van der Waals surface area contributed by atoms with Gasteiger partial charge in [0.15, 0.2) is 5.78 Å². The van der Waals surface area contributed by atoms with Gasteiger partial charge in [-0.25, -0.2) is 0 Å². The van der Waals surface area contributed by atoms with E-state index in [1.54, 1.807) is 6.08 Å². The van der Waals surface area contributed by atoms with E-state index in [2.05, 4.69) is 6.58 Å². The summed E-state index contributed by atoms with van der Waals surface area (Å²) in [4.78, 5) is 37.4. The number of carbonyl (C=O) groups excluding carboxylic acids is 3. The molecule has 0 unspecified atom stereocenters. The second-order valence-corrected chi connectivity index (χ2v) is 9.22. The predicted molar refractivity (Wildman–Crippen MR) is 101 cm³/mol. The highest BCUT2D eigenvalue weighted by molar-refractivity contribution is 6.11. The molecule has 0 spiro atoms. The number of ether oxygens (including phenoxy) is 1. The van der Waals surface area contributed by atoms with Crippen LogP contribution in [0.4, 0.5) is 0 Å². The topological polar surface area (TPSA) is 80.7 Å². The fourth-order valence-electron chi connectivity index (χ4n) is 5.52. The van der Waals surface area contributed by atoms with Gasteiger partial charge in [0.05, 0.1) is 6.10 Å². The van der Waals surface area contributed by atoms with Crippen LogP contribution in [0.1, 0.15) is 59.8 Å². The van der Waals surface area contributed by atoms with Crippen molar-refractivity contribution in [2.24, 2.45) is 22.7 Å². The van der Waals surface area contributed by atoms with E-state index in [-0.39, 0.29) is 35.5 Å². The van der Waals surface area contributed by atoms with Crippen molar-refractivity contribution in [1.29, 1.82) is 0 Å². The number of hydrogen-bond donors (Lipinski definition) is 1. The first-order chi connectivity index (χ1) is 12.5. The van der Waals surface area contributed by atoms with E-state index < -0.39 is 16.9 Å². The molecule has 0 aromatic rings. The van der Waals surface area contributed by atoms with Gasteiger partial charge in [-0.2, -0.15) is 0 Å². The maximum Gasteiger partial charge on any atom is 0.302 e. The van der Waals surface area contributed by atoms with Crippen molar-refractivity contribution in [3.8, 4) is 0 Å². The summed E-state index contributed by atoms with van der Waals surface area (Å²) < 4.78 is 5.57. The van der Waals surface area contributed by atoms with Crippen LogP contribution in [0, 0.1) is 22.7 Å². The molecule has 1 saturated carbocycles. The third kappa shape index (κ3) is 3.20. The Morgan fingerprint density at radius 3 is 2.56 bits per heavy atom. The van der Waals surface area contributed by atoms with Crippen LogP contribution in [0.5, 0.6) is 0 Å². The summed E-state index contributed by atoms with van der Waals surface area (Å²) in [6.07, 6.45) is 3.02. The van der Waals surface area contributed by atoms with Crippen molar-refractivity contribution in [3.63, 3.8) is 0 Å². The summed E-state index contributed by atoms with van der Waals surface area (Å²) in [6.45, 7) is 11.3. The van der Waals surface area contributed by atoms with Gasteiger partial charge in [0, 0.05) is 35.7 Å². The highest BCUT2D eigenvalue weighted by atomic mass is 16.5. The minimum Gasteiger partial charge on any atom is -0.462 e. The van der Waals surface area contributed by atoms with E-state index in [1.807, 2.05) is 20.8 Å². The van der Waals surface area contributed by atoms with Crippen LogP contribution in [0.2, 0.25) is 0 Å². The minimum absolute atomic E-state index is 0.156. The summed E-state index contributed by atoms with van der Waals surface area (Å²) >= 11 is 0. The molecule has 0 aromatic heterocycles. The minimum atomic E-state index is -0.940. The van der Waals surface area contributed by atoms with Gasteiger partial charge in [0.25, 0.3) is 0 Å². The molecule has 3 aliphatic carbocycles. The van der Waals surface area contributed by atoms with Gasteiger partial charge in [-0.05, 0) is 37.2 Å². The fourth-order valence-corrected chi connectivity index (χ4v) is 5.52. The predicted octanol–water partition coefficient (Wildman–Crippen LogP) is 3.16. The lowest BCUT2D eigenvalue weighted by Gasteiger charge is -2.54. The van der Waals surface area contributed by atoms with Gasteiger partial charge in [0.1, 0.15) is 11.9 Å². The van der Waals surface area contributed by atoms with Crippen LogP contribution >= 0.6 is 0 Å². The van der Waals surface area contributed by atoms with Crippen molar-refractivity contribution in [2.75, 3.05) is 0 Å². The number of aliphatic hydroxyl groups is 1. The molecule has 1 N–H and O–H groups in total. The lowest BCUT2D eigenvalue weighted by Crippen LogP contribution is -2.55. The van der Waals surface area contributed by atoms with E-state index >= 15 is 0 Å². The summed E-state index contributed by atoms with van der Waals surface area (Å²) in [6, 6.07) is 0. The van der Waals surface area contributed by atoms with E-state index in [9.17, 15) is 19.5 Å². The smallest absolute Gasteiger partial charge is 0.302 e. The molecule has 0 amide bonds. The van der Waals surface area contributed by atoms with Crippen LogP contribution in [-0.2, 0) is 19.1 Å². The number of aliphatic hydroxyl groups excluding tert-OH is 1. The molecule has 5 atom stereocenters. The van der Waals surface area contributed by atoms with E-state index in [4.69, 9.17) is 4.74 Å². The van der Waals surface area contributed by atoms with Crippen molar-refractivity contribution in [2.45, 2.75) is 72.0 Å². The van der Waals surface area contributed by atoms with Crippen molar-refractivity contribution >= 4 is 17.5 Å². The first kappa shape index (κ1) is 20.0. The fraction of sp³-hybridized carbons (Fsp3) is 0.682. The van der Waals surface area contributed by atoms with Crippen molar-refractivity contribution in [1.82, 2.24) is 0 Å². The number of allylic oxidation sites excluding steroid dienone is 2. The Morgan fingerprint density at radius 2 is 1.93 bits per heavy atom. The Kier molecular flexibility index (Phi) is 4.96. The molecular formula is C22H30O5. The normalized spacial score (nSPS) is 38.9. The molecule has 0 saturated heterocycles. The first-order valence-corrected chi connectivity index (χ1v) is 9.82. The summed E-state index contributed by atoms with van der Waals surface area (Å²) in [5.41, 5.74) is -0.216. The third-order valence-electron chi connectivity index (χ3n) is 7.25. The van der Waals surface area contributed by atoms with Crippen molar-refractivity contribution < 1.29 is 24.2 Å². The Balaban J connectivity index is 2.02. The van der Waals surface area contributed by atoms with Gasteiger partial charge < -0.3 is 9.84 Å². The van der Waals surface area contributed by atoms with Crippen LogP contribution in [0.25, 0.3) is 0 Å². The van der Waals surface area contributed by atoms with E-state index in [0.29, 0.717) is 43.3 Å². The second-order valence-electron chi connectivity index (χ2n) is 9.22. The molecule has 3 rings (SSSR count). The molecule has 5 nitrogen and oxygen atoms in total. The molecule has 2 bridgehead atoms. The van der Waals surface area contributed by atoms with Gasteiger partial charge in [-0.15, -0.1) is 0 Å². The van der Waals surface area contributed by atoms with Crippen LogP contribution in [0.15, 0.2) is 23.8 Å². The number of fused-ring (bicyclic) bond motifs is 2. The first-order valence-electron chi connectivity index (χ1n) is 9.82. The largest absolute Gasteiger partial charge is 0.462 e. The zero-order valence-corrected chi connectivity index (χ0v) is 16.7. The van der Waals surface area contributed by atoms with Crippen molar-refractivity contribution in [3.05, 3.63) is 23.8 Å². The number of Topliss-reactive ketones (excluding diaryl/α,β-unsaturated/α-hetero) is 2. The highest BCUT2D eigenvalue weighted by Crippen LogP contribution is 2.56.